The molecule has 1 fully saturated rings. The van der Waals surface area contributed by atoms with Crippen molar-refractivity contribution in [3.05, 3.63) is 99.2 Å². The second-order valence-corrected chi connectivity index (χ2v) is 11.6. The lowest BCUT2D eigenvalue weighted by atomic mass is 10.1. The number of thiophene rings is 1. The van der Waals surface area contributed by atoms with E-state index < -0.39 is 0 Å². The van der Waals surface area contributed by atoms with Gasteiger partial charge in [-0.2, -0.15) is 11.3 Å². The third-order valence-corrected chi connectivity index (χ3v) is 8.67. The van der Waals surface area contributed by atoms with E-state index in [1.165, 1.54) is 32.4 Å². The summed E-state index contributed by atoms with van der Waals surface area (Å²) in [6.07, 6.45) is 7.38. The van der Waals surface area contributed by atoms with E-state index in [-0.39, 0.29) is 5.56 Å². The number of aromatic amines is 1. The van der Waals surface area contributed by atoms with Crippen LogP contribution in [0, 0.1) is 0 Å². The van der Waals surface area contributed by atoms with Crippen molar-refractivity contribution < 1.29 is 0 Å². The summed E-state index contributed by atoms with van der Waals surface area (Å²) in [6, 6.07) is 20.3. The van der Waals surface area contributed by atoms with Crippen LogP contribution in [0.4, 0.5) is 0 Å². The zero-order valence-electron chi connectivity index (χ0n) is 22.9. The van der Waals surface area contributed by atoms with Crippen LogP contribution in [0.25, 0.3) is 44.7 Å². The van der Waals surface area contributed by atoms with E-state index >= 15 is 0 Å². The Morgan fingerprint density at radius 1 is 0.878 bits per heavy atom. The quantitative estimate of drug-likeness (QED) is 0.229. The molecule has 7 rings (SSSR count). The maximum absolute atomic E-state index is 12.9. The minimum Gasteiger partial charge on any atom is -0.324 e. The largest absolute Gasteiger partial charge is 0.324 e. The van der Waals surface area contributed by atoms with Gasteiger partial charge in [0.15, 0.2) is 0 Å². The molecule has 1 aliphatic rings. The van der Waals surface area contributed by atoms with Crippen molar-refractivity contribution in [3.63, 3.8) is 0 Å². The molecule has 41 heavy (non-hydrogen) atoms. The highest BCUT2D eigenvalue weighted by Crippen LogP contribution is 2.29. The first-order valence-corrected chi connectivity index (χ1v) is 15.3. The molecular weight excluding hydrogens is 528 g/mol. The molecule has 5 heterocycles. The topological polar surface area (TPSA) is 79.7 Å². The summed E-state index contributed by atoms with van der Waals surface area (Å²) in [6.45, 7) is 4.31. The smallest absolute Gasteiger partial charge is 0.270 e. The van der Waals surface area contributed by atoms with Crippen LogP contribution in [0.15, 0.2) is 82.4 Å². The molecule has 0 spiro atoms. The Morgan fingerprint density at radius 2 is 1.76 bits per heavy atom. The molecule has 8 heteroatoms. The Kier molecular flexibility index (Phi) is 7.17. The number of fused-ring (bicyclic) bond motifs is 2. The second kappa shape index (κ2) is 11.4. The van der Waals surface area contributed by atoms with Crippen molar-refractivity contribution in [1.82, 2.24) is 29.4 Å². The van der Waals surface area contributed by atoms with Gasteiger partial charge in [0.25, 0.3) is 5.56 Å². The van der Waals surface area contributed by atoms with Gasteiger partial charge in [0, 0.05) is 35.7 Å². The number of piperidine rings is 1. The van der Waals surface area contributed by atoms with Crippen LogP contribution in [0.2, 0.25) is 0 Å². The molecular formula is C33H32N6OS. The standard InChI is InChI=1S/C33H32N6OS/c40-33-30(18-23-8-3-1-4-9-23)35-28-20-31-29(19-27(28)37-33)36-32(39(31)16-7-15-38-13-5-2-6-14-38)24-10-11-26(34-21-24)25-12-17-41-22-25/h1,3-4,8-12,17,19-22H,2,5-7,13-16,18H2,(H,37,40). The number of imidazole rings is 1. The van der Waals surface area contributed by atoms with Crippen molar-refractivity contribution >= 4 is 33.4 Å². The van der Waals surface area contributed by atoms with Gasteiger partial charge in [-0.1, -0.05) is 36.8 Å². The predicted molar refractivity (Wildman–Crippen MR) is 166 cm³/mol. The van der Waals surface area contributed by atoms with E-state index in [0.717, 1.165) is 64.3 Å². The Bertz CT molecular complexity index is 1840. The Balaban J connectivity index is 1.28. The number of rotatable bonds is 8. The highest BCUT2D eigenvalue weighted by molar-refractivity contribution is 7.08. The fourth-order valence-electron chi connectivity index (χ4n) is 5.84. The normalized spacial score (nSPS) is 14.2. The molecule has 0 atom stereocenters. The van der Waals surface area contributed by atoms with E-state index in [0.29, 0.717) is 17.6 Å². The summed E-state index contributed by atoms with van der Waals surface area (Å²) in [5.74, 6) is 0.894. The molecule has 6 aromatic rings. The number of likely N-dealkylation sites (tertiary alicyclic amines) is 1. The van der Waals surface area contributed by atoms with E-state index in [9.17, 15) is 4.79 Å². The molecule has 7 nitrogen and oxygen atoms in total. The van der Waals surface area contributed by atoms with Crippen molar-refractivity contribution in [2.75, 3.05) is 19.6 Å². The summed E-state index contributed by atoms with van der Waals surface area (Å²) in [5, 5.41) is 4.18. The number of benzene rings is 2. The summed E-state index contributed by atoms with van der Waals surface area (Å²) < 4.78 is 2.31. The number of hydrogen-bond donors (Lipinski definition) is 1. The van der Waals surface area contributed by atoms with Gasteiger partial charge in [0.2, 0.25) is 0 Å². The molecule has 206 valence electrons. The van der Waals surface area contributed by atoms with Crippen LogP contribution in [0.1, 0.15) is 36.9 Å². The number of nitrogens with zero attached hydrogens (tertiary/aromatic N) is 5. The fourth-order valence-corrected chi connectivity index (χ4v) is 6.49. The number of nitrogens with one attached hydrogen (secondary N) is 1. The van der Waals surface area contributed by atoms with Crippen molar-refractivity contribution in [3.8, 4) is 22.6 Å². The van der Waals surface area contributed by atoms with E-state index in [2.05, 4.69) is 49.5 Å². The summed E-state index contributed by atoms with van der Waals surface area (Å²) in [4.78, 5) is 33.2. The molecule has 0 aliphatic carbocycles. The van der Waals surface area contributed by atoms with Crippen LogP contribution in [-0.4, -0.2) is 49.0 Å². The lowest BCUT2D eigenvalue weighted by Crippen LogP contribution is -2.31. The van der Waals surface area contributed by atoms with Crippen LogP contribution in [0.3, 0.4) is 0 Å². The lowest BCUT2D eigenvalue weighted by molar-refractivity contribution is 0.223. The average Bonchev–Trinajstić information content (AvgIpc) is 3.67. The first-order chi connectivity index (χ1) is 20.2. The zero-order valence-corrected chi connectivity index (χ0v) is 23.7. The number of hydrogen-bond acceptors (Lipinski definition) is 6. The van der Waals surface area contributed by atoms with E-state index in [1.54, 1.807) is 11.3 Å². The van der Waals surface area contributed by atoms with Gasteiger partial charge < -0.3 is 14.5 Å². The predicted octanol–water partition coefficient (Wildman–Crippen LogP) is 6.53. The van der Waals surface area contributed by atoms with Crippen molar-refractivity contribution in [2.24, 2.45) is 0 Å². The van der Waals surface area contributed by atoms with Crippen LogP contribution in [-0.2, 0) is 13.0 Å². The molecule has 4 aromatic heterocycles. The van der Waals surface area contributed by atoms with Gasteiger partial charge >= 0.3 is 0 Å². The summed E-state index contributed by atoms with van der Waals surface area (Å²) >= 11 is 1.67. The van der Waals surface area contributed by atoms with Gasteiger partial charge in [0.05, 0.1) is 27.8 Å². The molecule has 0 saturated carbocycles. The minimum absolute atomic E-state index is 0.157. The van der Waals surface area contributed by atoms with Gasteiger partial charge in [0.1, 0.15) is 11.5 Å². The van der Waals surface area contributed by atoms with Gasteiger partial charge in [-0.25, -0.2) is 9.97 Å². The first-order valence-electron chi connectivity index (χ1n) is 14.4. The molecule has 0 unspecified atom stereocenters. The number of aromatic nitrogens is 5. The van der Waals surface area contributed by atoms with Gasteiger partial charge in [-0.05, 0) is 80.2 Å². The summed E-state index contributed by atoms with van der Waals surface area (Å²) in [7, 11) is 0. The maximum atomic E-state index is 12.9. The average molecular weight is 561 g/mol. The molecule has 1 aliphatic heterocycles. The summed E-state index contributed by atoms with van der Waals surface area (Å²) in [5.41, 5.74) is 7.85. The number of H-pyrrole nitrogens is 1. The Hall–Kier alpha value is -4.14. The van der Waals surface area contributed by atoms with Crippen LogP contribution >= 0.6 is 11.3 Å². The Labute approximate surface area is 242 Å². The molecule has 2 aromatic carbocycles. The lowest BCUT2D eigenvalue weighted by Gasteiger charge is -2.26. The fraction of sp³-hybridized carbons (Fsp3) is 0.273. The number of pyridine rings is 1. The molecule has 0 radical (unpaired) electrons. The highest BCUT2D eigenvalue weighted by atomic mass is 32.1. The first kappa shape index (κ1) is 25.8. The van der Waals surface area contributed by atoms with Crippen molar-refractivity contribution in [1.29, 1.82) is 0 Å². The molecule has 0 bridgehead atoms. The van der Waals surface area contributed by atoms with Crippen LogP contribution < -0.4 is 5.56 Å². The minimum atomic E-state index is -0.157. The zero-order chi connectivity index (χ0) is 27.6. The third kappa shape index (κ3) is 5.45. The molecule has 1 N–H and O–H groups in total. The molecule has 0 amide bonds. The molecule has 1 saturated heterocycles. The highest BCUT2D eigenvalue weighted by Gasteiger charge is 2.17. The van der Waals surface area contributed by atoms with Crippen LogP contribution in [0.5, 0.6) is 0 Å². The second-order valence-electron chi connectivity index (χ2n) is 10.8. The maximum Gasteiger partial charge on any atom is 0.270 e. The third-order valence-electron chi connectivity index (χ3n) is 7.99. The van der Waals surface area contributed by atoms with Gasteiger partial charge in [-0.3, -0.25) is 9.78 Å². The van der Waals surface area contributed by atoms with Gasteiger partial charge in [-0.15, -0.1) is 0 Å². The monoisotopic (exact) mass is 560 g/mol. The number of aryl methyl sites for hydroxylation is 1. The van der Waals surface area contributed by atoms with E-state index in [4.69, 9.17) is 15.0 Å². The van der Waals surface area contributed by atoms with Crippen molar-refractivity contribution in [2.45, 2.75) is 38.6 Å². The Morgan fingerprint density at radius 3 is 2.54 bits per heavy atom. The SMILES string of the molecule is O=c1[nH]c2cc3nc(-c4ccc(-c5ccsc5)nc4)n(CCCN4CCCCC4)c3cc2nc1Cc1ccccc1. The van der Waals surface area contributed by atoms with E-state index in [1.807, 2.05) is 42.6 Å².